The lowest BCUT2D eigenvalue weighted by Gasteiger charge is -2.15. The first kappa shape index (κ1) is 14.3. The number of aryl methyl sites for hydroxylation is 2. The molecule has 112 valence electrons. The molecule has 0 unspecified atom stereocenters. The topological polar surface area (TPSA) is 58.1 Å². The van der Waals surface area contributed by atoms with E-state index < -0.39 is 0 Å². The van der Waals surface area contributed by atoms with Gasteiger partial charge in [0.2, 0.25) is 5.91 Å². The van der Waals surface area contributed by atoms with E-state index in [9.17, 15) is 4.79 Å². The van der Waals surface area contributed by atoms with Gasteiger partial charge in [-0.2, -0.15) is 0 Å². The van der Waals surface area contributed by atoms with Gasteiger partial charge in [-0.15, -0.1) is 11.3 Å². The van der Waals surface area contributed by atoms with E-state index in [0.717, 1.165) is 42.0 Å². The van der Waals surface area contributed by atoms with Gasteiger partial charge in [0, 0.05) is 30.9 Å². The molecule has 0 saturated carbocycles. The average molecular weight is 304 g/mol. The molecule has 1 amide bonds. The fourth-order valence-electron chi connectivity index (χ4n) is 2.73. The Morgan fingerprint density at radius 3 is 2.86 bits per heavy atom. The first-order valence-corrected chi connectivity index (χ1v) is 8.21. The summed E-state index contributed by atoms with van der Waals surface area (Å²) in [6.07, 6.45) is 4.38. The summed E-state index contributed by atoms with van der Waals surface area (Å²) in [5, 5.41) is 4.40. The Balaban J connectivity index is 1.66. The van der Waals surface area contributed by atoms with Crippen molar-refractivity contribution in [3.05, 3.63) is 16.8 Å². The summed E-state index contributed by atoms with van der Waals surface area (Å²) >= 11 is 1.69. The molecule has 6 heteroatoms. The van der Waals surface area contributed by atoms with Crippen molar-refractivity contribution in [1.82, 2.24) is 14.9 Å². The van der Waals surface area contributed by atoms with Crippen LogP contribution in [-0.2, 0) is 4.79 Å². The minimum atomic E-state index is 0.239. The van der Waals surface area contributed by atoms with E-state index in [0.29, 0.717) is 13.0 Å². The molecule has 3 rings (SSSR count). The minimum Gasteiger partial charge on any atom is -0.369 e. The Morgan fingerprint density at radius 2 is 2.10 bits per heavy atom. The van der Waals surface area contributed by atoms with Crippen LogP contribution in [0.4, 0.5) is 5.82 Å². The average Bonchev–Trinajstić information content (AvgIpc) is 3.09. The van der Waals surface area contributed by atoms with Crippen molar-refractivity contribution in [3.8, 4) is 0 Å². The van der Waals surface area contributed by atoms with Crippen molar-refractivity contribution < 1.29 is 4.79 Å². The van der Waals surface area contributed by atoms with E-state index in [1.807, 2.05) is 4.90 Å². The molecule has 1 aliphatic rings. The van der Waals surface area contributed by atoms with Crippen LogP contribution < -0.4 is 5.32 Å². The van der Waals surface area contributed by atoms with Crippen molar-refractivity contribution in [2.24, 2.45) is 0 Å². The number of rotatable bonds is 4. The molecule has 3 heterocycles. The molecular weight excluding hydrogens is 284 g/mol. The molecule has 1 fully saturated rings. The summed E-state index contributed by atoms with van der Waals surface area (Å²) in [5.41, 5.74) is 1.23. The Labute approximate surface area is 128 Å². The quantitative estimate of drug-likeness (QED) is 0.943. The molecule has 0 aromatic carbocycles. The van der Waals surface area contributed by atoms with E-state index in [4.69, 9.17) is 0 Å². The van der Waals surface area contributed by atoms with Crippen molar-refractivity contribution in [2.75, 3.05) is 25.0 Å². The highest BCUT2D eigenvalue weighted by Crippen LogP contribution is 2.32. The van der Waals surface area contributed by atoms with Gasteiger partial charge in [0.15, 0.2) is 0 Å². The number of aromatic nitrogens is 2. The monoisotopic (exact) mass is 304 g/mol. The van der Waals surface area contributed by atoms with Crippen LogP contribution in [0.1, 0.15) is 29.7 Å². The van der Waals surface area contributed by atoms with Crippen LogP contribution in [0, 0.1) is 13.8 Å². The molecule has 0 atom stereocenters. The van der Waals surface area contributed by atoms with Crippen LogP contribution >= 0.6 is 11.3 Å². The first-order valence-electron chi connectivity index (χ1n) is 7.39. The maximum atomic E-state index is 12.0. The van der Waals surface area contributed by atoms with Crippen LogP contribution in [0.5, 0.6) is 0 Å². The van der Waals surface area contributed by atoms with Gasteiger partial charge in [-0.25, -0.2) is 9.97 Å². The summed E-state index contributed by atoms with van der Waals surface area (Å²) in [6.45, 7) is 6.65. The van der Waals surface area contributed by atoms with Crippen molar-refractivity contribution >= 4 is 33.3 Å². The summed E-state index contributed by atoms with van der Waals surface area (Å²) < 4.78 is 0. The zero-order valence-corrected chi connectivity index (χ0v) is 13.3. The van der Waals surface area contributed by atoms with Gasteiger partial charge in [0.05, 0.1) is 5.39 Å². The van der Waals surface area contributed by atoms with E-state index in [1.165, 1.54) is 10.4 Å². The Morgan fingerprint density at radius 1 is 1.33 bits per heavy atom. The fourth-order valence-corrected chi connectivity index (χ4v) is 3.73. The molecule has 1 aliphatic heterocycles. The Bertz CT molecular complexity index is 661. The SMILES string of the molecule is Cc1sc2ncnc(NCCC(=O)N3CCCC3)c2c1C. The molecule has 0 bridgehead atoms. The van der Waals surface area contributed by atoms with Gasteiger partial charge >= 0.3 is 0 Å². The van der Waals surface area contributed by atoms with Crippen LogP contribution in [0.25, 0.3) is 10.2 Å². The van der Waals surface area contributed by atoms with Crippen LogP contribution in [0.15, 0.2) is 6.33 Å². The fraction of sp³-hybridized carbons (Fsp3) is 0.533. The summed E-state index contributed by atoms with van der Waals surface area (Å²) in [7, 11) is 0. The highest BCUT2D eigenvalue weighted by Gasteiger charge is 2.17. The van der Waals surface area contributed by atoms with Gasteiger partial charge in [0.1, 0.15) is 17.0 Å². The zero-order chi connectivity index (χ0) is 14.8. The molecule has 21 heavy (non-hydrogen) atoms. The number of likely N-dealkylation sites (tertiary alicyclic amines) is 1. The first-order chi connectivity index (χ1) is 10.2. The minimum absolute atomic E-state index is 0.239. The van der Waals surface area contributed by atoms with E-state index in [-0.39, 0.29) is 5.91 Å². The maximum absolute atomic E-state index is 12.0. The zero-order valence-electron chi connectivity index (χ0n) is 12.5. The summed E-state index contributed by atoms with van der Waals surface area (Å²) in [5.74, 6) is 1.08. The predicted molar refractivity (Wildman–Crippen MR) is 85.8 cm³/mol. The molecular formula is C15H20N4OS. The Hall–Kier alpha value is -1.69. The highest BCUT2D eigenvalue weighted by molar-refractivity contribution is 7.18. The smallest absolute Gasteiger partial charge is 0.224 e. The molecule has 0 spiro atoms. The van der Waals surface area contributed by atoms with Crippen molar-refractivity contribution in [1.29, 1.82) is 0 Å². The van der Waals surface area contributed by atoms with E-state index in [2.05, 4.69) is 29.1 Å². The second-order valence-corrected chi connectivity index (χ2v) is 6.65. The van der Waals surface area contributed by atoms with Gasteiger partial charge in [-0.3, -0.25) is 4.79 Å². The number of carbonyl (C=O) groups excluding carboxylic acids is 1. The van der Waals surface area contributed by atoms with Gasteiger partial charge in [-0.05, 0) is 32.3 Å². The third-order valence-corrected chi connectivity index (χ3v) is 5.17. The predicted octanol–water partition coefficient (Wildman–Crippen LogP) is 2.73. The molecule has 1 saturated heterocycles. The van der Waals surface area contributed by atoms with Crippen LogP contribution in [0.2, 0.25) is 0 Å². The largest absolute Gasteiger partial charge is 0.369 e. The lowest BCUT2D eigenvalue weighted by Crippen LogP contribution is -2.29. The third-order valence-electron chi connectivity index (χ3n) is 4.06. The number of nitrogens with one attached hydrogen (secondary N) is 1. The van der Waals surface area contributed by atoms with Gasteiger partial charge in [-0.1, -0.05) is 0 Å². The number of amides is 1. The normalized spacial score (nSPS) is 14.9. The molecule has 0 aliphatic carbocycles. The number of anilines is 1. The molecule has 2 aromatic heterocycles. The molecule has 0 radical (unpaired) electrons. The van der Waals surface area contributed by atoms with Gasteiger partial charge in [0.25, 0.3) is 0 Å². The van der Waals surface area contributed by atoms with E-state index >= 15 is 0 Å². The molecule has 1 N–H and O–H groups in total. The summed E-state index contributed by atoms with van der Waals surface area (Å²) in [6, 6.07) is 0. The van der Waals surface area contributed by atoms with Crippen LogP contribution in [0.3, 0.4) is 0 Å². The standard InChI is InChI=1S/C15H20N4OS/c1-10-11(2)21-15-13(10)14(17-9-18-15)16-6-5-12(20)19-7-3-4-8-19/h9H,3-8H2,1-2H3,(H,16,17,18). The number of hydrogen-bond donors (Lipinski definition) is 1. The number of carbonyl (C=O) groups is 1. The van der Waals surface area contributed by atoms with Crippen molar-refractivity contribution in [2.45, 2.75) is 33.1 Å². The van der Waals surface area contributed by atoms with Crippen LogP contribution in [-0.4, -0.2) is 40.4 Å². The second kappa shape index (κ2) is 5.97. The lowest BCUT2D eigenvalue weighted by atomic mass is 10.2. The number of fused-ring (bicyclic) bond motifs is 1. The lowest BCUT2D eigenvalue weighted by molar-refractivity contribution is -0.129. The Kier molecular flexibility index (Phi) is 4.05. The maximum Gasteiger partial charge on any atom is 0.224 e. The third kappa shape index (κ3) is 2.85. The van der Waals surface area contributed by atoms with Gasteiger partial charge < -0.3 is 10.2 Å². The van der Waals surface area contributed by atoms with Crippen molar-refractivity contribution in [3.63, 3.8) is 0 Å². The summed E-state index contributed by atoms with van der Waals surface area (Å²) in [4.78, 5) is 24.9. The number of nitrogens with zero attached hydrogens (tertiary/aromatic N) is 3. The second-order valence-electron chi connectivity index (χ2n) is 5.45. The number of hydrogen-bond acceptors (Lipinski definition) is 5. The molecule has 2 aromatic rings. The van der Waals surface area contributed by atoms with E-state index in [1.54, 1.807) is 17.7 Å². The molecule has 5 nitrogen and oxygen atoms in total. The number of thiophene rings is 1. The highest BCUT2D eigenvalue weighted by atomic mass is 32.1.